The van der Waals surface area contributed by atoms with Crippen molar-refractivity contribution in [2.24, 2.45) is 5.73 Å². The molecule has 0 amide bonds. The van der Waals surface area contributed by atoms with Crippen LogP contribution in [0.15, 0.2) is 18.2 Å². The van der Waals surface area contributed by atoms with Crippen LogP contribution in [0.3, 0.4) is 0 Å². The van der Waals surface area contributed by atoms with E-state index in [1.54, 1.807) is 18.2 Å². The summed E-state index contributed by atoms with van der Waals surface area (Å²) in [6.07, 6.45) is -0.0820. The molecule has 0 spiro atoms. The Balaban J connectivity index is 2.51. The molecule has 0 aliphatic rings. The molecule has 0 saturated carbocycles. The average Bonchev–Trinajstić information content (AvgIpc) is 2.12. The number of aliphatic carboxylic acids is 1. The summed E-state index contributed by atoms with van der Waals surface area (Å²) in [5.41, 5.74) is 6.31. The standard InChI is InChI=1S/C10H12Cl2N2O2/c11-6-1-7(12)3-9(2-6)14-5-8(13)4-10(15)16/h1-3,8,14H,4-5,13H2,(H,15,16). The summed E-state index contributed by atoms with van der Waals surface area (Å²) < 4.78 is 0. The summed E-state index contributed by atoms with van der Waals surface area (Å²) in [6, 6.07) is 4.56. The largest absolute Gasteiger partial charge is 0.481 e. The van der Waals surface area contributed by atoms with Crippen LogP contribution < -0.4 is 11.1 Å². The number of nitrogens with two attached hydrogens (primary N) is 1. The van der Waals surface area contributed by atoms with E-state index in [1.165, 1.54) is 0 Å². The molecule has 6 heteroatoms. The van der Waals surface area contributed by atoms with Crippen LogP contribution in [-0.2, 0) is 4.79 Å². The molecule has 1 unspecified atom stereocenters. The van der Waals surface area contributed by atoms with Crippen LogP contribution in [0.2, 0.25) is 10.0 Å². The van der Waals surface area contributed by atoms with E-state index in [4.69, 9.17) is 34.0 Å². The van der Waals surface area contributed by atoms with E-state index < -0.39 is 12.0 Å². The fourth-order valence-corrected chi connectivity index (χ4v) is 1.73. The monoisotopic (exact) mass is 262 g/mol. The number of carbonyl (C=O) groups is 1. The molecule has 1 aromatic rings. The summed E-state index contributed by atoms with van der Waals surface area (Å²) in [6.45, 7) is 0.350. The van der Waals surface area contributed by atoms with Crippen LogP contribution in [0.4, 0.5) is 5.69 Å². The minimum absolute atomic E-state index is 0.0820. The van der Waals surface area contributed by atoms with Crippen molar-refractivity contribution < 1.29 is 9.90 Å². The van der Waals surface area contributed by atoms with Crippen molar-refractivity contribution in [2.75, 3.05) is 11.9 Å². The van der Waals surface area contributed by atoms with Crippen molar-refractivity contribution >= 4 is 34.9 Å². The lowest BCUT2D eigenvalue weighted by atomic mass is 10.2. The van der Waals surface area contributed by atoms with Gasteiger partial charge in [0.1, 0.15) is 0 Å². The van der Waals surface area contributed by atoms with Crippen molar-refractivity contribution in [3.8, 4) is 0 Å². The second kappa shape index (κ2) is 5.94. The maximum Gasteiger partial charge on any atom is 0.304 e. The van der Waals surface area contributed by atoms with Gasteiger partial charge in [0, 0.05) is 28.3 Å². The zero-order chi connectivity index (χ0) is 12.1. The first kappa shape index (κ1) is 13.1. The fraction of sp³-hybridized carbons (Fsp3) is 0.300. The molecule has 4 N–H and O–H groups in total. The maximum absolute atomic E-state index is 10.4. The Bertz CT molecular complexity index is 365. The van der Waals surface area contributed by atoms with Crippen molar-refractivity contribution in [2.45, 2.75) is 12.5 Å². The van der Waals surface area contributed by atoms with Crippen molar-refractivity contribution in [3.05, 3.63) is 28.2 Å². The lowest BCUT2D eigenvalue weighted by molar-refractivity contribution is -0.137. The highest BCUT2D eigenvalue weighted by atomic mass is 35.5. The summed E-state index contributed by atoms with van der Waals surface area (Å²) in [7, 11) is 0. The second-order valence-electron chi connectivity index (χ2n) is 3.40. The number of rotatable bonds is 5. The quantitative estimate of drug-likeness (QED) is 0.761. The van der Waals surface area contributed by atoms with Crippen LogP contribution >= 0.6 is 23.2 Å². The number of hydrogen-bond acceptors (Lipinski definition) is 3. The Morgan fingerprint density at radius 2 is 1.94 bits per heavy atom. The highest BCUT2D eigenvalue weighted by Gasteiger charge is 2.07. The molecule has 0 radical (unpaired) electrons. The molecule has 1 aromatic carbocycles. The highest BCUT2D eigenvalue weighted by Crippen LogP contribution is 2.22. The second-order valence-corrected chi connectivity index (χ2v) is 4.27. The third-order valence-corrected chi connectivity index (χ3v) is 2.30. The van der Waals surface area contributed by atoms with Gasteiger partial charge in [-0.1, -0.05) is 23.2 Å². The minimum atomic E-state index is -0.918. The molecule has 88 valence electrons. The molecule has 4 nitrogen and oxygen atoms in total. The van der Waals surface area contributed by atoms with Gasteiger partial charge in [-0.15, -0.1) is 0 Å². The topological polar surface area (TPSA) is 75.3 Å². The molecule has 0 heterocycles. The van der Waals surface area contributed by atoms with Crippen LogP contribution in [0, 0.1) is 0 Å². The molecule has 0 bridgehead atoms. The van der Waals surface area contributed by atoms with E-state index >= 15 is 0 Å². The number of hydrogen-bond donors (Lipinski definition) is 3. The van der Waals surface area contributed by atoms with Gasteiger partial charge in [-0.2, -0.15) is 0 Å². The predicted molar refractivity (Wildman–Crippen MR) is 65.2 cm³/mol. The van der Waals surface area contributed by atoms with Crippen LogP contribution in [0.25, 0.3) is 0 Å². The average molecular weight is 263 g/mol. The van der Waals surface area contributed by atoms with Gasteiger partial charge >= 0.3 is 5.97 Å². The molecule has 1 rings (SSSR count). The van der Waals surface area contributed by atoms with E-state index in [-0.39, 0.29) is 6.42 Å². The Hall–Kier alpha value is -0.970. The lowest BCUT2D eigenvalue weighted by Crippen LogP contribution is -2.31. The number of anilines is 1. The Kier molecular flexibility index (Phi) is 4.86. The van der Waals surface area contributed by atoms with Gasteiger partial charge in [-0.05, 0) is 18.2 Å². The van der Waals surface area contributed by atoms with Crippen molar-refractivity contribution in [1.29, 1.82) is 0 Å². The normalized spacial score (nSPS) is 12.2. The van der Waals surface area contributed by atoms with Crippen molar-refractivity contribution in [1.82, 2.24) is 0 Å². The number of benzene rings is 1. The molecule has 0 aliphatic heterocycles. The van der Waals surface area contributed by atoms with Gasteiger partial charge in [0.2, 0.25) is 0 Å². The Morgan fingerprint density at radius 3 is 2.44 bits per heavy atom. The molecular formula is C10H12Cl2N2O2. The molecule has 0 aliphatic carbocycles. The summed E-state index contributed by atoms with van der Waals surface area (Å²) >= 11 is 11.6. The van der Waals surface area contributed by atoms with E-state index in [9.17, 15) is 4.79 Å². The van der Waals surface area contributed by atoms with Gasteiger partial charge < -0.3 is 16.2 Å². The fourth-order valence-electron chi connectivity index (χ4n) is 1.20. The third kappa shape index (κ3) is 4.70. The molecular weight excluding hydrogens is 251 g/mol. The highest BCUT2D eigenvalue weighted by molar-refractivity contribution is 6.35. The number of carboxylic acid groups (broad SMARTS) is 1. The van der Waals surface area contributed by atoms with Crippen LogP contribution in [0.5, 0.6) is 0 Å². The van der Waals surface area contributed by atoms with E-state index in [0.717, 1.165) is 5.69 Å². The molecule has 16 heavy (non-hydrogen) atoms. The van der Waals surface area contributed by atoms with Crippen LogP contribution in [-0.4, -0.2) is 23.7 Å². The molecule has 0 aromatic heterocycles. The first-order valence-corrected chi connectivity index (χ1v) is 5.40. The summed E-state index contributed by atoms with van der Waals surface area (Å²) in [5.74, 6) is -0.918. The zero-order valence-electron chi connectivity index (χ0n) is 8.41. The smallest absolute Gasteiger partial charge is 0.304 e. The van der Waals surface area contributed by atoms with Gasteiger partial charge in [0.15, 0.2) is 0 Å². The van der Waals surface area contributed by atoms with Crippen LogP contribution in [0.1, 0.15) is 6.42 Å². The number of carboxylic acids is 1. The number of halogens is 2. The third-order valence-electron chi connectivity index (χ3n) is 1.87. The van der Waals surface area contributed by atoms with Gasteiger partial charge in [0.05, 0.1) is 6.42 Å². The first-order valence-electron chi connectivity index (χ1n) is 4.64. The predicted octanol–water partition coefficient (Wildman–Crippen LogP) is 2.21. The van der Waals surface area contributed by atoms with Gasteiger partial charge in [0.25, 0.3) is 0 Å². The van der Waals surface area contributed by atoms with Crippen molar-refractivity contribution in [3.63, 3.8) is 0 Å². The maximum atomic E-state index is 10.4. The first-order chi connectivity index (χ1) is 7.47. The van der Waals surface area contributed by atoms with E-state index in [1.807, 2.05) is 0 Å². The zero-order valence-corrected chi connectivity index (χ0v) is 9.92. The number of nitrogens with one attached hydrogen (secondary N) is 1. The Morgan fingerprint density at radius 1 is 1.38 bits per heavy atom. The summed E-state index contributed by atoms with van der Waals surface area (Å²) in [5, 5.41) is 12.5. The minimum Gasteiger partial charge on any atom is -0.481 e. The molecule has 0 fully saturated rings. The molecule has 1 atom stereocenters. The van der Waals surface area contributed by atoms with Gasteiger partial charge in [-0.25, -0.2) is 0 Å². The summed E-state index contributed by atoms with van der Waals surface area (Å²) in [4.78, 5) is 10.4. The Labute approximate surface area is 103 Å². The molecule has 0 saturated heterocycles. The van der Waals surface area contributed by atoms with E-state index in [0.29, 0.717) is 16.6 Å². The SMILES string of the molecule is NC(CNc1cc(Cl)cc(Cl)c1)CC(=O)O. The van der Waals surface area contributed by atoms with Gasteiger partial charge in [-0.3, -0.25) is 4.79 Å². The lowest BCUT2D eigenvalue weighted by Gasteiger charge is -2.12. The van der Waals surface area contributed by atoms with E-state index in [2.05, 4.69) is 5.32 Å².